The van der Waals surface area contributed by atoms with E-state index >= 15 is 0 Å². The number of carboxylic acids is 1. The van der Waals surface area contributed by atoms with Crippen molar-refractivity contribution in [2.45, 2.75) is 78.1 Å². The highest BCUT2D eigenvalue weighted by Crippen LogP contribution is 2.10. The number of rotatable bonds is 14. The molecular formula is C16H33NO2. The highest BCUT2D eigenvalue weighted by atomic mass is 16.4. The molecule has 3 nitrogen and oxygen atoms in total. The average Bonchev–Trinajstić information content (AvgIpc) is 2.36. The van der Waals surface area contributed by atoms with E-state index in [1.54, 1.807) is 0 Å². The molecule has 0 saturated heterocycles. The van der Waals surface area contributed by atoms with Crippen molar-refractivity contribution in [2.75, 3.05) is 19.6 Å². The smallest absolute Gasteiger partial charge is 0.317 e. The molecule has 0 heterocycles. The molecule has 0 saturated carbocycles. The highest BCUT2D eigenvalue weighted by Gasteiger charge is 2.07. The Balaban J connectivity index is 3.36. The fourth-order valence-electron chi connectivity index (χ4n) is 2.42. The van der Waals surface area contributed by atoms with Crippen LogP contribution in [0, 0.1) is 0 Å². The zero-order chi connectivity index (χ0) is 14.3. The van der Waals surface area contributed by atoms with Gasteiger partial charge in [-0.2, -0.15) is 0 Å². The lowest BCUT2D eigenvalue weighted by Crippen LogP contribution is -2.31. The minimum absolute atomic E-state index is 0.199. The summed E-state index contributed by atoms with van der Waals surface area (Å²) >= 11 is 0. The minimum atomic E-state index is -0.704. The molecular weight excluding hydrogens is 238 g/mol. The summed E-state index contributed by atoms with van der Waals surface area (Å²) in [6, 6.07) is 0. The Labute approximate surface area is 119 Å². The van der Waals surface area contributed by atoms with E-state index in [-0.39, 0.29) is 6.54 Å². The maximum absolute atomic E-state index is 10.7. The average molecular weight is 271 g/mol. The molecule has 0 bridgehead atoms. The van der Waals surface area contributed by atoms with Crippen molar-refractivity contribution in [3.05, 3.63) is 0 Å². The number of carbonyl (C=O) groups is 1. The van der Waals surface area contributed by atoms with E-state index in [9.17, 15) is 4.79 Å². The molecule has 0 rings (SSSR count). The SMILES string of the molecule is CCCCCCCCCCCN(CCC)CC(=O)O. The predicted molar refractivity (Wildman–Crippen MR) is 81.6 cm³/mol. The summed E-state index contributed by atoms with van der Waals surface area (Å²) in [5.41, 5.74) is 0. The minimum Gasteiger partial charge on any atom is -0.480 e. The first-order valence-electron chi connectivity index (χ1n) is 8.14. The lowest BCUT2D eigenvalue weighted by Gasteiger charge is -2.19. The van der Waals surface area contributed by atoms with Crippen LogP contribution in [-0.2, 0) is 4.79 Å². The maximum atomic E-state index is 10.7. The first kappa shape index (κ1) is 18.4. The standard InChI is InChI=1S/C16H33NO2/c1-3-5-6-7-8-9-10-11-12-14-17(13-4-2)15-16(18)19/h3-15H2,1-2H3,(H,18,19). The van der Waals surface area contributed by atoms with Gasteiger partial charge in [0.1, 0.15) is 0 Å². The van der Waals surface area contributed by atoms with Gasteiger partial charge >= 0.3 is 5.97 Å². The van der Waals surface area contributed by atoms with Crippen molar-refractivity contribution in [3.63, 3.8) is 0 Å². The first-order chi connectivity index (χ1) is 9.20. The third kappa shape index (κ3) is 13.7. The molecule has 19 heavy (non-hydrogen) atoms. The molecule has 0 aromatic carbocycles. The van der Waals surface area contributed by atoms with Crippen molar-refractivity contribution in [1.82, 2.24) is 4.90 Å². The number of aliphatic carboxylic acids is 1. The number of hydrogen-bond acceptors (Lipinski definition) is 2. The molecule has 0 fully saturated rings. The van der Waals surface area contributed by atoms with E-state index in [0.29, 0.717) is 0 Å². The van der Waals surface area contributed by atoms with Crippen LogP contribution in [0.2, 0.25) is 0 Å². The van der Waals surface area contributed by atoms with Gasteiger partial charge in [0.25, 0.3) is 0 Å². The normalized spacial score (nSPS) is 11.1. The van der Waals surface area contributed by atoms with Gasteiger partial charge in [-0.05, 0) is 25.9 Å². The van der Waals surface area contributed by atoms with Crippen molar-refractivity contribution in [3.8, 4) is 0 Å². The summed E-state index contributed by atoms with van der Waals surface area (Å²) in [6.07, 6.45) is 12.9. The molecule has 3 heteroatoms. The Morgan fingerprint density at radius 1 is 0.789 bits per heavy atom. The highest BCUT2D eigenvalue weighted by molar-refractivity contribution is 5.69. The van der Waals surface area contributed by atoms with E-state index in [1.165, 1.54) is 51.4 Å². The Morgan fingerprint density at radius 2 is 1.32 bits per heavy atom. The van der Waals surface area contributed by atoms with Crippen molar-refractivity contribution >= 4 is 5.97 Å². The van der Waals surface area contributed by atoms with Crippen LogP contribution < -0.4 is 0 Å². The number of nitrogens with zero attached hydrogens (tertiary/aromatic N) is 1. The molecule has 0 radical (unpaired) electrons. The van der Waals surface area contributed by atoms with Crippen LogP contribution in [0.5, 0.6) is 0 Å². The number of unbranched alkanes of at least 4 members (excludes halogenated alkanes) is 8. The van der Waals surface area contributed by atoms with Crippen molar-refractivity contribution < 1.29 is 9.90 Å². The van der Waals surface area contributed by atoms with Gasteiger partial charge in [0, 0.05) is 0 Å². The second-order valence-corrected chi connectivity index (χ2v) is 5.50. The Morgan fingerprint density at radius 3 is 1.79 bits per heavy atom. The van der Waals surface area contributed by atoms with Gasteiger partial charge in [0.05, 0.1) is 6.54 Å². The first-order valence-corrected chi connectivity index (χ1v) is 8.14. The third-order valence-electron chi connectivity index (χ3n) is 3.48. The van der Waals surface area contributed by atoms with E-state index in [2.05, 4.69) is 18.7 Å². The zero-order valence-electron chi connectivity index (χ0n) is 13.0. The Bertz CT molecular complexity index is 207. The Kier molecular flexibility index (Phi) is 13.4. The van der Waals surface area contributed by atoms with Crippen LogP contribution in [0.25, 0.3) is 0 Å². The van der Waals surface area contributed by atoms with Crippen LogP contribution >= 0.6 is 0 Å². The Hall–Kier alpha value is -0.570. The summed E-state index contributed by atoms with van der Waals surface area (Å²) in [4.78, 5) is 12.8. The molecule has 0 aliphatic heterocycles. The molecule has 114 valence electrons. The molecule has 0 aliphatic carbocycles. The van der Waals surface area contributed by atoms with E-state index < -0.39 is 5.97 Å². The molecule has 0 aromatic rings. The second-order valence-electron chi connectivity index (χ2n) is 5.50. The van der Waals surface area contributed by atoms with Gasteiger partial charge in [-0.25, -0.2) is 0 Å². The summed E-state index contributed by atoms with van der Waals surface area (Å²) in [7, 11) is 0. The second kappa shape index (κ2) is 13.9. The van der Waals surface area contributed by atoms with Crippen molar-refractivity contribution in [1.29, 1.82) is 0 Å². The summed E-state index contributed by atoms with van der Waals surface area (Å²) < 4.78 is 0. The molecule has 0 atom stereocenters. The van der Waals surface area contributed by atoms with Gasteiger partial charge in [0.2, 0.25) is 0 Å². The van der Waals surface area contributed by atoms with Crippen LogP contribution in [0.4, 0.5) is 0 Å². The molecule has 0 unspecified atom stereocenters. The number of carboxylic acid groups (broad SMARTS) is 1. The van der Waals surface area contributed by atoms with Gasteiger partial charge in [-0.3, -0.25) is 9.69 Å². The fraction of sp³-hybridized carbons (Fsp3) is 0.938. The molecule has 0 aliphatic rings. The molecule has 0 amide bonds. The lowest BCUT2D eigenvalue weighted by molar-refractivity contribution is -0.138. The lowest BCUT2D eigenvalue weighted by atomic mass is 10.1. The largest absolute Gasteiger partial charge is 0.480 e. The zero-order valence-corrected chi connectivity index (χ0v) is 13.0. The van der Waals surface area contributed by atoms with Crippen LogP contribution in [0.15, 0.2) is 0 Å². The maximum Gasteiger partial charge on any atom is 0.317 e. The summed E-state index contributed by atoms with van der Waals surface area (Å²) in [5, 5.41) is 8.81. The summed E-state index contributed by atoms with van der Waals surface area (Å²) in [6.45, 7) is 6.40. The van der Waals surface area contributed by atoms with E-state index in [1.807, 2.05) is 0 Å². The molecule has 1 N–H and O–H groups in total. The van der Waals surface area contributed by atoms with Gasteiger partial charge in [0.15, 0.2) is 0 Å². The van der Waals surface area contributed by atoms with Crippen LogP contribution in [0.3, 0.4) is 0 Å². The van der Waals surface area contributed by atoms with E-state index in [4.69, 9.17) is 5.11 Å². The topological polar surface area (TPSA) is 40.5 Å². The van der Waals surface area contributed by atoms with Crippen LogP contribution in [-0.4, -0.2) is 35.6 Å². The predicted octanol–water partition coefficient (Wildman–Crippen LogP) is 4.31. The van der Waals surface area contributed by atoms with Crippen molar-refractivity contribution in [2.24, 2.45) is 0 Å². The van der Waals surface area contributed by atoms with Crippen LogP contribution in [0.1, 0.15) is 78.1 Å². The molecule has 0 aromatic heterocycles. The van der Waals surface area contributed by atoms with E-state index in [0.717, 1.165) is 25.9 Å². The van der Waals surface area contributed by atoms with Gasteiger partial charge < -0.3 is 5.11 Å². The summed E-state index contributed by atoms with van der Waals surface area (Å²) in [5.74, 6) is -0.704. The van der Waals surface area contributed by atoms with Gasteiger partial charge in [-0.15, -0.1) is 0 Å². The quantitative estimate of drug-likeness (QED) is 0.478. The molecule has 0 spiro atoms. The monoisotopic (exact) mass is 271 g/mol. The third-order valence-corrected chi connectivity index (χ3v) is 3.48. The van der Waals surface area contributed by atoms with Gasteiger partial charge in [-0.1, -0.05) is 65.2 Å². The fourth-order valence-corrected chi connectivity index (χ4v) is 2.42. The number of hydrogen-bond donors (Lipinski definition) is 1.